The summed E-state index contributed by atoms with van der Waals surface area (Å²) in [6.07, 6.45) is 6.63. The lowest BCUT2D eigenvalue weighted by molar-refractivity contribution is -0.114. The Kier molecular flexibility index (Phi) is 5.83. The summed E-state index contributed by atoms with van der Waals surface area (Å²) < 4.78 is 0. The number of nitrogens with two attached hydrogens (primary N) is 1. The average molecular weight is 141 g/mol. The van der Waals surface area contributed by atoms with Crippen LogP contribution in [0.4, 0.5) is 0 Å². The third-order valence-electron chi connectivity index (χ3n) is 1.31. The minimum Gasteiger partial charge on any atom is -0.404 e. The van der Waals surface area contributed by atoms with Crippen LogP contribution >= 0.6 is 0 Å². The first-order valence-electron chi connectivity index (χ1n) is 3.72. The lowest BCUT2D eigenvalue weighted by Crippen LogP contribution is -1.93. The summed E-state index contributed by atoms with van der Waals surface area (Å²) in [5.74, 6) is 0.135. The van der Waals surface area contributed by atoms with Gasteiger partial charge in [-0.3, -0.25) is 4.79 Å². The number of hydrogen-bond donors (Lipinski definition) is 1. The number of hydrogen-bond acceptors (Lipinski definition) is 2. The van der Waals surface area contributed by atoms with E-state index in [2.05, 4.69) is 6.92 Å². The van der Waals surface area contributed by atoms with E-state index < -0.39 is 0 Å². The zero-order chi connectivity index (χ0) is 7.82. The molecular weight excluding hydrogens is 126 g/mol. The van der Waals surface area contributed by atoms with Crippen LogP contribution in [-0.2, 0) is 4.79 Å². The first-order chi connectivity index (χ1) is 4.81. The van der Waals surface area contributed by atoms with Gasteiger partial charge < -0.3 is 5.73 Å². The van der Waals surface area contributed by atoms with Crippen molar-refractivity contribution in [3.8, 4) is 0 Å². The van der Waals surface area contributed by atoms with Crippen molar-refractivity contribution in [2.24, 2.45) is 5.73 Å². The molecule has 0 aromatic carbocycles. The molecule has 0 amide bonds. The molecule has 2 N–H and O–H groups in total. The van der Waals surface area contributed by atoms with Gasteiger partial charge in [0, 0.05) is 6.42 Å². The summed E-state index contributed by atoms with van der Waals surface area (Å²) >= 11 is 0. The third kappa shape index (κ3) is 5.35. The van der Waals surface area contributed by atoms with E-state index in [0.29, 0.717) is 6.42 Å². The number of carbonyl (C=O) groups is 1. The SMILES string of the molecule is CCCCCC(=O)/C=C\N. The van der Waals surface area contributed by atoms with Gasteiger partial charge in [0.25, 0.3) is 0 Å². The predicted octanol–water partition coefficient (Wildman–Crippen LogP) is 1.61. The second kappa shape index (κ2) is 6.33. The van der Waals surface area contributed by atoms with E-state index in [4.69, 9.17) is 5.73 Å². The Labute approximate surface area is 62.1 Å². The van der Waals surface area contributed by atoms with Gasteiger partial charge >= 0.3 is 0 Å². The molecule has 0 aromatic rings. The minimum atomic E-state index is 0.135. The Morgan fingerprint density at radius 1 is 1.50 bits per heavy atom. The van der Waals surface area contributed by atoms with Gasteiger partial charge in [0.15, 0.2) is 5.78 Å². The van der Waals surface area contributed by atoms with Crippen LogP contribution in [0.15, 0.2) is 12.3 Å². The number of ketones is 1. The summed E-state index contributed by atoms with van der Waals surface area (Å²) in [6.45, 7) is 2.11. The molecule has 0 unspecified atom stereocenters. The van der Waals surface area contributed by atoms with E-state index in [-0.39, 0.29) is 5.78 Å². The molecule has 0 heterocycles. The fraction of sp³-hybridized carbons (Fsp3) is 0.625. The minimum absolute atomic E-state index is 0.135. The first-order valence-corrected chi connectivity index (χ1v) is 3.72. The lowest BCUT2D eigenvalue weighted by atomic mass is 10.1. The molecule has 0 radical (unpaired) electrons. The number of carbonyl (C=O) groups excluding carboxylic acids is 1. The van der Waals surface area contributed by atoms with Crippen molar-refractivity contribution in [2.75, 3.05) is 0 Å². The summed E-state index contributed by atoms with van der Waals surface area (Å²) in [4.78, 5) is 10.8. The fourth-order valence-electron chi connectivity index (χ4n) is 0.740. The lowest BCUT2D eigenvalue weighted by Gasteiger charge is -1.92. The number of rotatable bonds is 5. The van der Waals surface area contributed by atoms with Gasteiger partial charge in [-0.2, -0.15) is 0 Å². The van der Waals surface area contributed by atoms with Crippen LogP contribution in [0.25, 0.3) is 0 Å². The highest BCUT2D eigenvalue weighted by molar-refractivity contribution is 5.89. The van der Waals surface area contributed by atoms with Crippen LogP contribution in [0.1, 0.15) is 32.6 Å². The molecule has 0 rings (SSSR count). The summed E-state index contributed by atoms with van der Waals surface area (Å²) in [5.41, 5.74) is 5.03. The maximum Gasteiger partial charge on any atom is 0.157 e. The summed E-state index contributed by atoms with van der Waals surface area (Å²) in [7, 11) is 0. The standard InChI is InChI=1S/C8H15NO/c1-2-3-4-5-8(10)6-7-9/h6-7H,2-5,9H2,1H3/b7-6-. The van der Waals surface area contributed by atoms with E-state index in [1.807, 2.05) is 0 Å². The van der Waals surface area contributed by atoms with Crippen molar-refractivity contribution in [2.45, 2.75) is 32.6 Å². The van der Waals surface area contributed by atoms with E-state index >= 15 is 0 Å². The molecule has 0 aromatic heterocycles. The van der Waals surface area contributed by atoms with Crippen molar-refractivity contribution in [1.82, 2.24) is 0 Å². The highest BCUT2D eigenvalue weighted by Gasteiger charge is 1.93. The van der Waals surface area contributed by atoms with Gasteiger partial charge in [0.2, 0.25) is 0 Å². The highest BCUT2D eigenvalue weighted by atomic mass is 16.1. The van der Waals surface area contributed by atoms with E-state index in [1.165, 1.54) is 12.3 Å². The zero-order valence-corrected chi connectivity index (χ0v) is 6.47. The molecule has 0 aliphatic carbocycles. The Morgan fingerprint density at radius 3 is 2.70 bits per heavy atom. The van der Waals surface area contributed by atoms with Crippen molar-refractivity contribution >= 4 is 5.78 Å². The van der Waals surface area contributed by atoms with Crippen molar-refractivity contribution in [3.05, 3.63) is 12.3 Å². The van der Waals surface area contributed by atoms with Gasteiger partial charge in [-0.25, -0.2) is 0 Å². The quantitative estimate of drug-likeness (QED) is 0.467. The second-order valence-corrected chi connectivity index (χ2v) is 2.28. The van der Waals surface area contributed by atoms with Crippen LogP contribution in [0.2, 0.25) is 0 Å². The maximum atomic E-state index is 10.8. The molecular formula is C8H15NO. The summed E-state index contributed by atoms with van der Waals surface area (Å²) in [5, 5.41) is 0. The van der Waals surface area contributed by atoms with Crippen LogP contribution in [0, 0.1) is 0 Å². The molecule has 2 nitrogen and oxygen atoms in total. The van der Waals surface area contributed by atoms with Crippen LogP contribution in [0.3, 0.4) is 0 Å². The molecule has 0 aliphatic heterocycles. The van der Waals surface area contributed by atoms with Gasteiger partial charge in [-0.1, -0.05) is 19.8 Å². The zero-order valence-electron chi connectivity index (χ0n) is 6.47. The highest BCUT2D eigenvalue weighted by Crippen LogP contribution is 1.99. The molecule has 0 aliphatic rings. The van der Waals surface area contributed by atoms with Crippen LogP contribution in [0.5, 0.6) is 0 Å². The molecule has 0 fully saturated rings. The molecule has 0 atom stereocenters. The molecule has 0 spiro atoms. The Balaban J connectivity index is 3.22. The molecule has 0 saturated heterocycles. The number of unbranched alkanes of at least 4 members (excludes halogenated alkanes) is 2. The van der Waals surface area contributed by atoms with E-state index in [1.54, 1.807) is 0 Å². The molecule has 2 heteroatoms. The monoisotopic (exact) mass is 141 g/mol. The van der Waals surface area contributed by atoms with Gasteiger partial charge in [0.05, 0.1) is 0 Å². The smallest absolute Gasteiger partial charge is 0.157 e. The van der Waals surface area contributed by atoms with Crippen molar-refractivity contribution in [1.29, 1.82) is 0 Å². The van der Waals surface area contributed by atoms with Crippen LogP contribution < -0.4 is 5.73 Å². The van der Waals surface area contributed by atoms with E-state index in [9.17, 15) is 4.79 Å². The number of allylic oxidation sites excluding steroid dienone is 1. The van der Waals surface area contributed by atoms with E-state index in [0.717, 1.165) is 19.3 Å². The average Bonchev–Trinajstić information content (AvgIpc) is 1.89. The topological polar surface area (TPSA) is 43.1 Å². The summed E-state index contributed by atoms with van der Waals surface area (Å²) in [6, 6.07) is 0. The Bertz CT molecular complexity index is 118. The fourth-order valence-corrected chi connectivity index (χ4v) is 0.740. The molecule has 0 saturated carbocycles. The maximum absolute atomic E-state index is 10.8. The predicted molar refractivity (Wildman–Crippen MR) is 42.5 cm³/mol. The molecule has 0 bridgehead atoms. The molecule has 10 heavy (non-hydrogen) atoms. The van der Waals surface area contributed by atoms with Gasteiger partial charge in [-0.05, 0) is 18.7 Å². The van der Waals surface area contributed by atoms with Crippen LogP contribution in [-0.4, -0.2) is 5.78 Å². The Hall–Kier alpha value is -0.790. The van der Waals surface area contributed by atoms with Gasteiger partial charge in [0.1, 0.15) is 0 Å². The normalized spacial score (nSPS) is 10.5. The van der Waals surface area contributed by atoms with Gasteiger partial charge in [-0.15, -0.1) is 0 Å². The van der Waals surface area contributed by atoms with Crippen molar-refractivity contribution in [3.63, 3.8) is 0 Å². The largest absolute Gasteiger partial charge is 0.404 e. The first kappa shape index (κ1) is 9.21. The molecule has 58 valence electrons. The third-order valence-corrected chi connectivity index (χ3v) is 1.31. The van der Waals surface area contributed by atoms with Crippen molar-refractivity contribution < 1.29 is 4.79 Å². The second-order valence-electron chi connectivity index (χ2n) is 2.28. The Morgan fingerprint density at radius 2 is 2.20 bits per heavy atom.